The summed E-state index contributed by atoms with van der Waals surface area (Å²) in [6.07, 6.45) is 4.16. The molecule has 1 amide bonds. The first-order valence-corrected chi connectivity index (χ1v) is 8.97. The van der Waals surface area contributed by atoms with E-state index in [0.29, 0.717) is 6.42 Å². The van der Waals surface area contributed by atoms with E-state index in [0.717, 1.165) is 47.6 Å². The fourth-order valence-electron chi connectivity index (χ4n) is 2.49. The molecule has 1 saturated heterocycles. The fraction of sp³-hybridized carbons (Fsp3) is 0.562. The van der Waals surface area contributed by atoms with Gasteiger partial charge >= 0.3 is 0 Å². The number of piperidine rings is 1. The van der Waals surface area contributed by atoms with Gasteiger partial charge in [0.15, 0.2) is 0 Å². The topological polar surface area (TPSA) is 41.1 Å². The van der Waals surface area contributed by atoms with Crippen molar-refractivity contribution in [3.63, 3.8) is 0 Å². The lowest BCUT2D eigenvalue weighted by atomic mass is 9.96. The number of hydrogen-bond acceptors (Lipinski definition) is 3. The highest BCUT2D eigenvalue weighted by Gasteiger charge is 2.12. The molecule has 21 heavy (non-hydrogen) atoms. The van der Waals surface area contributed by atoms with Crippen LogP contribution in [0.4, 0.5) is 0 Å². The van der Waals surface area contributed by atoms with E-state index < -0.39 is 0 Å². The maximum Gasteiger partial charge on any atom is 0.220 e. The van der Waals surface area contributed by atoms with E-state index in [4.69, 9.17) is 11.6 Å². The Morgan fingerprint density at radius 3 is 3.05 bits per heavy atom. The van der Waals surface area contributed by atoms with E-state index in [1.54, 1.807) is 11.8 Å². The first kappa shape index (κ1) is 16.7. The molecule has 1 heterocycles. The van der Waals surface area contributed by atoms with E-state index in [1.807, 2.05) is 24.3 Å². The van der Waals surface area contributed by atoms with Crippen molar-refractivity contribution in [2.75, 3.05) is 25.4 Å². The molecular formula is C16H23ClN2OS. The van der Waals surface area contributed by atoms with Gasteiger partial charge in [-0.2, -0.15) is 0 Å². The van der Waals surface area contributed by atoms with Gasteiger partial charge in [0, 0.05) is 23.6 Å². The second kappa shape index (κ2) is 9.34. The quantitative estimate of drug-likeness (QED) is 0.755. The first-order chi connectivity index (χ1) is 10.3. The van der Waals surface area contributed by atoms with Gasteiger partial charge < -0.3 is 10.6 Å². The molecule has 5 heteroatoms. The predicted molar refractivity (Wildman–Crippen MR) is 90.0 cm³/mol. The molecule has 1 atom stereocenters. The van der Waals surface area contributed by atoms with Crippen LogP contribution in [-0.2, 0) is 4.79 Å². The molecule has 1 fully saturated rings. The zero-order chi connectivity index (χ0) is 14.9. The van der Waals surface area contributed by atoms with Gasteiger partial charge in [-0.1, -0.05) is 23.7 Å². The largest absolute Gasteiger partial charge is 0.356 e. The van der Waals surface area contributed by atoms with Crippen LogP contribution in [0.2, 0.25) is 5.02 Å². The van der Waals surface area contributed by atoms with Crippen LogP contribution in [0.1, 0.15) is 25.7 Å². The smallest absolute Gasteiger partial charge is 0.220 e. The minimum Gasteiger partial charge on any atom is -0.356 e. The van der Waals surface area contributed by atoms with Crippen molar-refractivity contribution in [3.8, 4) is 0 Å². The highest BCUT2D eigenvalue weighted by molar-refractivity contribution is 7.99. The Labute approximate surface area is 136 Å². The number of benzene rings is 1. The molecule has 0 spiro atoms. The Hall–Kier alpha value is -0.710. The standard InChI is InChI=1S/C16H23ClN2OS/c17-14-5-1-2-6-15(14)21-11-8-16(20)19-10-7-13-4-3-9-18-12-13/h1-2,5-6,13,18H,3-4,7-12H2,(H,19,20). The lowest BCUT2D eigenvalue weighted by Gasteiger charge is -2.22. The summed E-state index contributed by atoms with van der Waals surface area (Å²) in [5.74, 6) is 1.62. The van der Waals surface area contributed by atoms with Gasteiger partial charge in [0.1, 0.15) is 0 Å². The number of rotatable bonds is 7. The molecule has 116 valence electrons. The molecule has 1 aromatic rings. The van der Waals surface area contributed by atoms with Crippen LogP contribution in [0.5, 0.6) is 0 Å². The number of hydrogen-bond donors (Lipinski definition) is 2. The highest BCUT2D eigenvalue weighted by Crippen LogP contribution is 2.26. The van der Waals surface area contributed by atoms with Crippen molar-refractivity contribution in [1.82, 2.24) is 10.6 Å². The second-order valence-corrected chi connectivity index (χ2v) is 6.92. The van der Waals surface area contributed by atoms with Crippen molar-refractivity contribution in [1.29, 1.82) is 0 Å². The Morgan fingerprint density at radius 1 is 1.43 bits per heavy atom. The molecule has 0 saturated carbocycles. The van der Waals surface area contributed by atoms with E-state index in [9.17, 15) is 4.79 Å². The summed E-state index contributed by atoms with van der Waals surface area (Å²) < 4.78 is 0. The molecule has 0 aromatic heterocycles. The Balaban J connectivity index is 1.56. The average Bonchev–Trinajstić information content (AvgIpc) is 2.50. The van der Waals surface area contributed by atoms with Gasteiger partial charge in [0.05, 0.1) is 5.02 Å². The SMILES string of the molecule is O=C(CCSc1ccccc1Cl)NCCC1CCCNC1. The van der Waals surface area contributed by atoms with Gasteiger partial charge in [-0.05, 0) is 50.4 Å². The molecule has 0 radical (unpaired) electrons. The summed E-state index contributed by atoms with van der Waals surface area (Å²) >= 11 is 7.72. The summed E-state index contributed by atoms with van der Waals surface area (Å²) in [6.45, 7) is 3.03. The number of thioether (sulfide) groups is 1. The molecular weight excluding hydrogens is 304 g/mol. The third-order valence-corrected chi connectivity index (χ3v) is 5.21. The molecule has 2 rings (SSSR count). The molecule has 1 aliphatic heterocycles. The predicted octanol–water partition coefficient (Wildman–Crippen LogP) is 3.33. The normalized spacial score (nSPS) is 18.4. The van der Waals surface area contributed by atoms with Gasteiger partial charge in [0.25, 0.3) is 0 Å². The molecule has 1 aliphatic rings. The number of carbonyl (C=O) groups excluding carboxylic acids is 1. The lowest BCUT2D eigenvalue weighted by Crippen LogP contribution is -2.33. The number of nitrogens with one attached hydrogen (secondary N) is 2. The Morgan fingerprint density at radius 2 is 2.29 bits per heavy atom. The Bertz CT molecular complexity index is 450. The van der Waals surface area contributed by atoms with Gasteiger partial charge in [-0.3, -0.25) is 4.79 Å². The summed E-state index contributed by atoms with van der Waals surface area (Å²) in [5, 5.41) is 7.18. The fourth-order valence-corrected chi connectivity index (χ4v) is 3.68. The maximum absolute atomic E-state index is 11.8. The summed E-state index contributed by atoms with van der Waals surface area (Å²) in [5.41, 5.74) is 0. The van der Waals surface area contributed by atoms with Gasteiger partial charge in [-0.15, -0.1) is 11.8 Å². The highest BCUT2D eigenvalue weighted by atomic mass is 35.5. The monoisotopic (exact) mass is 326 g/mol. The van der Waals surface area contributed by atoms with Crippen LogP contribution in [0, 0.1) is 5.92 Å². The third kappa shape index (κ3) is 6.29. The molecule has 1 unspecified atom stereocenters. The van der Waals surface area contributed by atoms with Crippen LogP contribution < -0.4 is 10.6 Å². The van der Waals surface area contributed by atoms with Gasteiger partial charge in [0.2, 0.25) is 5.91 Å². The molecule has 0 aliphatic carbocycles. The van der Waals surface area contributed by atoms with Crippen LogP contribution in [-0.4, -0.2) is 31.3 Å². The summed E-state index contributed by atoms with van der Waals surface area (Å²) in [4.78, 5) is 12.8. The summed E-state index contributed by atoms with van der Waals surface area (Å²) in [7, 11) is 0. The third-order valence-electron chi connectivity index (χ3n) is 3.70. The molecule has 1 aromatic carbocycles. The number of amides is 1. The van der Waals surface area contributed by atoms with E-state index in [1.165, 1.54) is 12.8 Å². The zero-order valence-electron chi connectivity index (χ0n) is 12.2. The van der Waals surface area contributed by atoms with Gasteiger partial charge in [-0.25, -0.2) is 0 Å². The maximum atomic E-state index is 11.8. The average molecular weight is 327 g/mol. The summed E-state index contributed by atoms with van der Waals surface area (Å²) in [6, 6.07) is 7.74. The van der Waals surface area contributed by atoms with Crippen molar-refractivity contribution in [3.05, 3.63) is 29.3 Å². The van der Waals surface area contributed by atoms with Crippen molar-refractivity contribution in [2.45, 2.75) is 30.6 Å². The number of halogens is 1. The Kier molecular flexibility index (Phi) is 7.41. The number of carbonyl (C=O) groups is 1. The molecule has 3 nitrogen and oxygen atoms in total. The van der Waals surface area contributed by atoms with E-state index in [2.05, 4.69) is 10.6 Å². The van der Waals surface area contributed by atoms with Crippen LogP contribution >= 0.6 is 23.4 Å². The second-order valence-electron chi connectivity index (χ2n) is 5.38. The lowest BCUT2D eigenvalue weighted by molar-refractivity contribution is -0.120. The minimum absolute atomic E-state index is 0.137. The molecule has 2 N–H and O–H groups in total. The van der Waals surface area contributed by atoms with Crippen LogP contribution in [0.15, 0.2) is 29.2 Å². The van der Waals surface area contributed by atoms with E-state index >= 15 is 0 Å². The van der Waals surface area contributed by atoms with Crippen LogP contribution in [0.3, 0.4) is 0 Å². The van der Waals surface area contributed by atoms with Crippen LogP contribution in [0.25, 0.3) is 0 Å². The molecule has 0 bridgehead atoms. The first-order valence-electron chi connectivity index (χ1n) is 7.60. The van der Waals surface area contributed by atoms with Crippen molar-refractivity contribution >= 4 is 29.3 Å². The minimum atomic E-state index is 0.137. The van der Waals surface area contributed by atoms with E-state index in [-0.39, 0.29) is 5.91 Å². The van der Waals surface area contributed by atoms with Crippen molar-refractivity contribution in [2.24, 2.45) is 5.92 Å². The zero-order valence-corrected chi connectivity index (χ0v) is 13.8. The van der Waals surface area contributed by atoms with Crippen molar-refractivity contribution < 1.29 is 4.79 Å².